The zero-order chi connectivity index (χ0) is 97.4. The second-order valence-corrected chi connectivity index (χ2v) is 39.2. The smallest absolute Gasteiger partial charge is 0.235 e. The van der Waals surface area contributed by atoms with Crippen LogP contribution in [0, 0.1) is 0 Å². The molecule has 21 aromatic carbocycles. The van der Waals surface area contributed by atoms with Gasteiger partial charge < -0.3 is 9.13 Å². The van der Waals surface area contributed by atoms with E-state index in [0.29, 0.717) is 11.9 Å². The molecule has 0 atom stereocenters. The summed E-state index contributed by atoms with van der Waals surface area (Å²) in [5.41, 5.74) is 27.8. The second-order valence-electron chi connectivity index (χ2n) is 38.1. The van der Waals surface area contributed by atoms with Gasteiger partial charge in [-0.3, -0.25) is 13.7 Å². The van der Waals surface area contributed by atoms with Crippen molar-refractivity contribution < 1.29 is 0 Å². The van der Waals surface area contributed by atoms with Crippen LogP contribution in [0.5, 0.6) is 0 Å². The number of aromatic nitrogens is 11. The topological polar surface area (TPSA) is 102 Å². The number of rotatable bonds is 12. The van der Waals surface area contributed by atoms with Crippen molar-refractivity contribution >= 4 is 187 Å². The van der Waals surface area contributed by atoms with Crippen LogP contribution in [0.4, 0.5) is 0 Å². The molecule has 0 fully saturated rings. The van der Waals surface area contributed by atoms with Crippen molar-refractivity contribution in [2.75, 3.05) is 0 Å². The Kier molecular flexibility index (Phi) is 20.4. The van der Waals surface area contributed by atoms with Gasteiger partial charge in [-0.15, -0.1) is 11.3 Å². The first-order valence-corrected chi connectivity index (χ1v) is 51.2. The summed E-state index contributed by atoms with van der Waals surface area (Å²) in [4.78, 5) is 33.9. The van der Waals surface area contributed by atoms with Gasteiger partial charge >= 0.3 is 0 Å². The molecule has 0 spiro atoms. The third kappa shape index (κ3) is 14.3. The molecule has 0 radical (unpaired) electrons. The van der Waals surface area contributed by atoms with Crippen LogP contribution in [0.15, 0.2) is 491 Å². The van der Waals surface area contributed by atoms with Gasteiger partial charge in [-0.05, 0) is 206 Å². The van der Waals surface area contributed by atoms with E-state index in [1.165, 1.54) is 157 Å². The fourth-order valence-corrected chi connectivity index (χ4v) is 23.9. The van der Waals surface area contributed by atoms with E-state index in [4.69, 9.17) is 29.9 Å². The number of nitrogens with zero attached hydrogens (tertiary/aromatic N) is 11. The lowest BCUT2D eigenvalue weighted by Gasteiger charge is -2.13. The fourth-order valence-electron chi connectivity index (χ4n) is 22.9. The molecule has 11 nitrogen and oxygen atoms in total. The summed E-state index contributed by atoms with van der Waals surface area (Å²) in [6, 6.07) is 175. The Morgan fingerprint density at radius 3 is 1.14 bits per heavy atom. The molecule has 12 heteroatoms. The standard InChI is InChI=1S/C48H32N4.C48H30N4.C40H25N3S/c1-3-13-32(14-4-1)47-49-41-20-10-7-18-37(41)48(50-47)52-43-22-12-9-19-38(43)46-39-29-33(24-23-31(39)25-28-45(46)52)34-26-27-44-40(30-34)36-17-8-11-21-42(36)51(44)35-15-5-2-6-16-35;1-2-12-31(13-3-1)32-22-24-34(25-23-32)47-38-16-4-8-18-41(38)49-48(50-47)52-44-21-11-7-17-39(44)46-40-30-35(28-26-33(40)27-29-45(46)52)51-42-19-9-5-14-36(42)37-15-6-10-20-43(37)51;1-3-12-27(13-4-1)36-23-24-37(44-36)29-20-21-34-32(25-29)38-30-16-8-7-11-26(30)19-22-35(38)43(34)40-41-33-18-10-9-17-31(33)39(42-40)28-14-5-2-6-15-28/h1-6,8-9,11-30H,7,10H2;1-30H;1-25H. The molecule has 0 bridgehead atoms. The summed E-state index contributed by atoms with van der Waals surface area (Å²) in [5.74, 6) is 3.01. The van der Waals surface area contributed by atoms with E-state index in [1.54, 1.807) is 0 Å². The highest BCUT2D eigenvalue weighted by Gasteiger charge is 2.27. The molecule has 0 saturated carbocycles. The van der Waals surface area contributed by atoms with Gasteiger partial charge in [-0.2, -0.15) is 0 Å². The maximum absolute atomic E-state index is 5.37. The monoisotopic (exact) mass is 1910 g/mol. The number of hydrogen-bond acceptors (Lipinski definition) is 7. The van der Waals surface area contributed by atoms with Gasteiger partial charge in [-0.1, -0.05) is 376 Å². The van der Waals surface area contributed by atoms with Crippen molar-refractivity contribution in [2.45, 2.75) is 12.8 Å². The number of benzene rings is 21. The predicted molar refractivity (Wildman–Crippen MR) is 619 cm³/mol. The summed E-state index contributed by atoms with van der Waals surface area (Å²) >= 11 is 1.83. The number of fused-ring (bicyclic) bond motifs is 24. The normalized spacial score (nSPS) is 12.1. The van der Waals surface area contributed by atoms with Crippen molar-refractivity contribution in [3.05, 3.63) is 502 Å². The van der Waals surface area contributed by atoms with Crippen molar-refractivity contribution in [3.63, 3.8) is 0 Å². The van der Waals surface area contributed by atoms with Gasteiger partial charge in [0.25, 0.3) is 0 Å². The van der Waals surface area contributed by atoms with Crippen molar-refractivity contribution in [2.24, 2.45) is 0 Å². The molecule has 692 valence electrons. The molecule has 148 heavy (non-hydrogen) atoms. The van der Waals surface area contributed by atoms with Gasteiger partial charge in [0, 0.05) is 108 Å². The molecule has 0 aliphatic heterocycles. The summed E-state index contributed by atoms with van der Waals surface area (Å²) < 4.78 is 11.6. The van der Waals surface area contributed by atoms with Crippen LogP contribution in [0.3, 0.4) is 0 Å². The van der Waals surface area contributed by atoms with E-state index in [9.17, 15) is 0 Å². The minimum absolute atomic E-state index is 0.657. The molecule has 1 aliphatic rings. The van der Waals surface area contributed by atoms with Crippen LogP contribution < -0.4 is 10.6 Å². The number of thiophene rings is 1. The van der Waals surface area contributed by atoms with Crippen LogP contribution in [0.25, 0.3) is 281 Å². The van der Waals surface area contributed by atoms with Crippen LogP contribution in [0.1, 0.15) is 12.8 Å². The Morgan fingerprint density at radius 1 is 0.189 bits per heavy atom. The molecular formula is C136H87N11S. The third-order valence-corrected chi connectivity index (χ3v) is 30.9. The van der Waals surface area contributed by atoms with E-state index >= 15 is 0 Å². The average molecular weight is 1910 g/mol. The zero-order valence-corrected chi connectivity index (χ0v) is 81.0. The Hall–Kier alpha value is -19.4. The van der Waals surface area contributed by atoms with Gasteiger partial charge in [0.1, 0.15) is 5.82 Å². The Labute approximate surface area is 854 Å². The van der Waals surface area contributed by atoms with Gasteiger partial charge in [-0.25, -0.2) is 29.9 Å². The van der Waals surface area contributed by atoms with E-state index in [-0.39, 0.29) is 0 Å². The average Bonchev–Trinajstić information content (AvgIpc) is 1.56. The Balaban J connectivity index is 0.000000105. The summed E-state index contributed by atoms with van der Waals surface area (Å²) in [5, 5.41) is 23.7. The fraction of sp³-hybridized carbons (Fsp3) is 0.0147. The van der Waals surface area contributed by atoms with E-state index in [0.717, 1.165) is 124 Å². The minimum Gasteiger partial charge on any atom is -0.309 e. The van der Waals surface area contributed by atoms with Gasteiger partial charge in [0.05, 0.1) is 82.9 Å². The summed E-state index contributed by atoms with van der Waals surface area (Å²) in [6.07, 6.45) is 6.53. The number of hydrogen-bond donors (Lipinski definition) is 0. The maximum atomic E-state index is 5.37. The first-order valence-electron chi connectivity index (χ1n) is 50.4. The molecule has 0 saturated heterocycles. The molecule has 30 aromatic rings. The molecule has 1 aliphatic carbocycles. The first-order chi connectivity index (χ1) is 73.4. The van der Waals surface area contributed by atoms with E-state index in [1.807, 2.05) is 29.5 Å². The maximum Gasteiger partial charge on any atom is 0.235 e. The quantitative estimate of drug-likeness (QED) is 0.121. The highest BCUT2D eigenvalue weighted by Crippen LogP contribution is 2.47. The molecule has 31 rings (SSSR count). The van der Waals surface area contributed by atoms with Crippen molar-refractivity contribution in [1.82, 2.24) is 52.7 Å². The lowest BCUT2D eigenvalue weighted by Crippen LogP contribution is -2.35. The number of para-hydroxylation sites is 8. The Morgan fingerprint density at radius 2 is 0.547 bits per heavy atom. The van der Waals surface area contributed by atoms with Crippen LogP contribution in [0.2, 0.25) is 0 Å². The van der Waals surface area contributed by atoms with Gasteiger partial charge in [0.2, 0.25) is 11.9 Å². The molecule has 9 heterocycles. The van der Waals surface area contributed by atoms with Crippen LogP contribution in [-0.4, -0.2) is 52.7 Å². The minimum atomic E-state index is 0.657. The molecule has 0 amide bonds. The van der Waals surface area contributed by atoms with Gasteiger partial charge in [0.15, 0.2) is 5.82 Å². The first kappa shape index (κ1) is 85.4. The molecule has 9 aromatic heterocycles. The lowest BCUT2D eigenvalue weighted by molar-refractivity contribution is 0.978. The second kappa shape index (κ2) is 35.3. The van der Waals surface area contributed by atoms with Crippen molar-refractivity contribution in [3.8, 4) is 106 Å². The lowest BCUT2D eigenvalue weighted by atomic mass is 9.97. The van der Waals surface area contributed by atoms with E-state index in [2.05, 4.69) is 508 Å². The van der Waals surface area contributed by atoms with Crippen LogP contribution in [-0.2, 0) is 0 Å². The van der Waals surface area contributed by atoms with Crippen LogP contribution >= 0.6 is 11.3 Å². The molecule has 0 unspecified atom stereocenters. The predicted octanol–water partition coefficient (Wildman–Crippen LogP) is 33.8. The van der Waals surface area contributed by atoms with E-state index < -0.39 is 0 Å². The third-order valence-electron chi connectivity index (χ3n) is 29.7. The van der Waals surface area contributed by atoms with Crippen molar-refractivity contribution in [1.29, 1.82) is 0 Å². The summed E-state index contributed by atoms with van der Waals surface area (Å²) in [7, 11) is 0. The Bertz CT molecular complexity index is 10700. The highest BCUT2D eigenvalue weighted by atomic mass is 32.1. The SMILES string of the molecule is C1=c2nc(-c3ccccc3)nc(-n3c4ccccc4c4c5cc(-c6ccc7c(c6)c6ccccc6n7-c6ccccc6)ccc5ccc43)c2=CCC1.c1ccc(-c2ccc(-c3ccc4c(c3)c3c5ccccc5ccc3n4-c3nc(-c4ccccc4)c4ccccc4n3)s2)cc1.c1ccc(-c2ccc(-c3nc(-n4c5ccccc5c5c6cc(-n7c8ccccc8c8ccccc87)ccc6ccc54)nc4ccccc34)cc2)cc1. The summed E-state index contributed by atoms with van der Waals surface area (Å²) in [6.45, 7) is 0. The zero-order valence-electron chi connectivity index (χ0n) is 80.2. The molecule has 0 N–H and O–H groups in total. The highest BCUT2D eigenvalue weighted by molar-refractivity contribution is 7.18. The largest absolute Gasteiger partial charge is 0.309 e. The molecular weight excluding hydrogens is 1820 g/mol.